The monoisotopic (exact) mass is 430 g/mol. The van der Waals surface area contributed by atoms with Gasteiger partial charge in [0.1, 0.15) is 0 Å². The van der Waals surface area contributed by atoms with Crippen molar-refractivity contribution < 1.29 is 19.4 Å². The van der Waals surface area contributed by atoms with Crippen LogP contribution in [0.25, 0.3) is 11.1 Å². The Morgan fingerprint density at radius 3 is 2.52 bits per heavy atom. The third-order valence-electron chi connectivity index (χ3n) is 4.82. The third kappa shape index (κ3) is 7.10. The molecule has 170 valence electrons. The van der Waals surface area contributed by atoms with Gasteiger partial charge >= 0.3 is 6.09 Å². The van der Waals surface area contributed by atoms with Crippen LogP contribution in [-0.2, 0) is 22.5 Å². The first kappa shape index (κ1) is 24.4. The van der Waals surface area contributed by atoms with Gasteiger partial charge in [-0.05, 0) is 70.7 Å². The van der Waals surface area contributed by atoms with Gasteiger partial charge in [0.05, 0.1) is 24.4 Å². The highest BCUT2D eigenvalue weighted by molar-refractivity contribution is 5.94. The fourth-order valence-corrected chi connectivity index (χ4v) is 3.64. The van der Waals surface area contributed by atoms with Gasteiger partial charge in [0.2, 0.25) is 5.91 Å². The minimum atomic E-state index is -0.794. The Hall–Kier alpha value is -2.87. The van der Waals surface area contributed by atoms with Crippen molar-refractivity contribution in [3.8, 4) is 11.1 Å². The van der Waals surface area contributed by atoms with Crippen LogP contribution in [0.3, 0.4) is 0 Å². The van der Waals surface area contributed by atoms with Crippen LogP contribution >= 0.6 is 0 Å². The third-order valence-corrected chi connectivity index (χ3v) is 4.82. The predicted molar refractivity (Wildman–Crippen MR) is 121 cm³/mol. The van der Waals surface area contributed by atoms with E-state index < -0.39 is 11.7 Å². The highest BCUT2D eigenvalue weighted by atomic mass is 16.6. The van der Waals surface area contributed by atoms with E-state index in [-0.39, 0.29) is 18.1 Å². The molecule has 3 rings (SSSR count). The average Bonchev–Trinajstić information content (AvgIpc) is 3.06. The van der Waals surface area contributed by atoms with E-state index in [4.69, 9.17) is 0 Å². The van der Waals surface area contributed by atoms with Crippen molar-refractivity contribution in [2.24, 2.45) is 5.73 Å². The summed E-state index contributed by atoms with van der Waals surface area (Å²) >= 11 is 0. The van der Waals surface area contributed by atoms with Crippen molar-refractivity contribution in [3.05, 3.63) is 36.2 Å². The number of benzene rings is 1. The van der Waals surface area contributed by atoms with Gasteiger partial charge < -0.3 is 20.5 Å². The molecule has 1 aromatic heterocycles. The van der Waals surface area contributed by atoms with Crippen LogP contribution in [0.15, 0.2) is 30.6 Å². The van der Waals surface area contributed by atoms with Gasteiger partial charge in [-0.1, -0.05) is 6.07 Å². The summed E-state index contributed by atoms with van der Waals surface area (Å²) in [6, 6.07) is 6.48. The number of carbonyl (C=O) groups excluding carboxylic acids is 2. The molecule has 0 bridgehead atoms. The van der Waals surface area contributed by atoms with Crippen LogP contribution in [-0.4, -0.2) is 44.6 Å². The van der Waals surface area contributed by atoms with E-state index in [9.17, 15) is 14.7 Å². The number of nitrogens with two attached hydrogens (primary N) is 1. The Morgan fingerprint density at radius 2 is 2.00 bits per heavy atom. The Morgan fingerprint density at radius 1 is 1.32 bits per heavy atom. The normalized spacial score (nSPS) is 15.7. The lowest BCUT2D eigenvalue weighted by Gasteiger charge is -2.34. The summed E-state index contributed by atoms with van der Waals surface area (Å²) in [5.74, 6) is 0.0918. The SMILES string of the molecule is CC(=O)N1c2ccc(-c3cnn(CC(C)(C)O)c3)cc2CC[C@@H]1C.CC(C)OC(N)=O. The molecule has 1 atom stereocenters. The van der Waals surface area contributed by atoms with Crippen molar-refractivity contribution >= 4 is 17.7 Å². The van der Waals surface area contributed by atoms with Crippen LogP contribution in [0.2, 0.25) is 0 Å². The summed E-state index contributed by atoms with van der Waals surface area (Å²) in [5, 5.41) is 14.3. The van der Waals surface area contributed by atoms with Crippen molar-refractivity contribution in [1.29, 1.82) is 0 Å². The molecule has 2 aromatic rings. The number of primary amides is 1. The summed E-state index contributed by atoms with van der Waals surface area (Å²) in [5.41, 5.74) is 8.18. The Labute approximate surface area is 184 Å². The summed E-state index contributed by atoms with van der Waals surface area (Å²) in [7, 11) is 0. The largest absolute Gasteiger partial charge is 0.447 e. The van der Waals surface area contributed by atoms with Crippen LogP contribution in [0, 0.1) is 0 Å². The molecule has 8 nitrogen and oxygen atoms in total. The number of anilines is 1. The minimum absolute atomic E-state index is 0.0918. The van der Waals surface area contributed by atoms with Crippen LogP contribution < -0.4 is 10.6 Å². The maximum absolute atomic E-state index is 12.0. The first-order chi connectivity index (χ1) is 14.4. The van der Waals surface area contributed by atoms with Gasteiger partial charge in [-0.15, -0.1) is 0 Å². The smallest absolute Gasteiger partial charge is 0.404 e. The molecule has 0 radical (unpaired) electrons. The maximum Gasteiger partial charge on any atom is 0.404 e. The second-order valence-corrected chi connectivity index (χ2v) is 8.84. The number of aliphatic hydroxyl groups is 1. The fraction of sp³-hybridized carbons (Fsp3) is 0.522. The second kappa shape index (κ2) is 9.96. The molecule has 31 heavy (non-hydrogen) atoms. The zero-order valence-corrected chi connectivity index (χ0v) is 19.3. The highest BCUT2D eigenvalue weighted by Gasteiger charge is 2.26. The molecule has 0 fully saturated rings. The molecule has 0 aliphatic carbocycles. The lowest BCUT2D eigenvalue weighted by molar-refractivity contribution is -0.117. The first-order valence-corrected chi connectivity index (χ1v) is 10.5. The molecule has 2 amide bonds. The molecule has 3 N–H and O–H groups in total. The summed E-state index contributed by atoms with van der Waals surface area (Å²) in [4.78, 5) is 23.7. The number of hydrogen-bond acceptors (Lipinski definition) is 5. The maximum atomic E-state index is 12.0. The number of nitrogens with zero attached hydrogens (tertiary/aromatic N) is 3. The molecule has 0 saturated carbocycles. The molecular weight excluding hydrogens is 396 g/mol. The number of carbonyl (C=O) groups is 2. The van der Waals surface area contributed by atoms with Crippen molar-refractivity contribution in [1.82, 2.24) is 9.78 Å². The van der Waals surface area contributed by atoms with E-state index in [0.29, 0.717) is 6.54 Å². The zero-order valence-electron chi connectivity index (χ0n) is 19.3. The van der Waals surface area contributed by atoms with Gasteiger partial charge in [-0.2, -0.15) is 5.10 Å². The quantitative estimate of drug-likeness (QED) is 0.771. The Kier molecular flexibility index (Phi) is 7.84. The fourth-order valence-electron chi connectivity index (χ4n) is 3.64. The van der Waals surface area contributed by atoms with Gasteiger partial charge in [-0.3, -0.25) is 9.48 Å². The lowest BCUT2D eigenvalue weighted by atomic mass is 9.94. The highest BCUT2D eigenvalue weighted by Crippen LogP contribution is 2.34. The molecule has 8 heteroatoms. The zero-order chi connectivity index (χ0) is 23.3. The summed E-state index contributed by atoms with van der Waals surface area (Å²) in [6.07, 6.45) is 4.92. The molecular formula is C23H34N4O4. The number of aromatic nitrogens is 2. The number of amides is 2. The number of fused-ring (bicyclic) bond motifs is 1. The van der Waals surface area contributed by atoms with E-state index >= 15 is 0 Å². The number of hydrogen-bond donors (Lipinski definition) is 2. The Bertz CT molecular complexity index is 915. The lowest BCUT2D eigenvalue weighted by Crippen LogP contribution is -2.40. The van der Waals surface area contributed by atoms with E-state index in [0.717, 1.165) is 29.7 Å². The average molecular weight is 431 g/mol. The first-order valence-electron chi connectivity index (χ1n) is 10.5. The molecule has 1 aliphatic heterocycles. The number of ether oxygens (including phenoxy) is 1. The molecule has 0 saturated heterocycles. The summed E-state index contributed by atoms with van der Waals surface area (Å²) in [6.45, 7) is 11.2. The van der Waals surface area contributed by atoms with Gasteiger partial charge in [0.15, 0.2) is 0 Å². The molecule has 0 spiro atoms. The summed E-state index contributed by atoms with van der Waals surface area (Å²) < 4.78 is 6.15. The predicted octanol–water partition coefficient (Wildman–Crippen LogP) is 3.50. The van der Waals surface area contributed by atoms with Crippen LogP contribution in [0.4, 0.5) is 10.5 Å². The van der Waals surface area contributed by atoms with Crippen molar-refractivity contribution in [2.75, 3.05) is 4.90 Å². The van der Waals surface area contributed by atoms with Gasteiger partial charge in [0, 0.05) is 30.4 Å². The molecule has 2 heterocycles. The second-order valence-electron chi connectivity index (χ2n) is 8.84. The van der Waals surface area contributed by atoms with Crippen molar-refractivity contribution in [3.63, 3.8) is 0 Å². The number of rotatable bonds is 4. The van der Waals surface area contributed by atoms with Crippen molar-refractivity contribution in [2.45, 2.75) is 78.7 Å². The van der Waals surface area contributed by atoms with Gasteiger partial charge in [-0.25, -0.2) is 4.79 Å². The van der Waals surface area contributed by atoms with E-state index in [1.54, 1.807) is 39.3 Å². The number of aryl methyl sites for hydroxylation is 1. The Balaban J connectivity index is 0.000000423. The van der Waals surface area contributed by atoms with E-state index in [2.05, 4.69) is 28.6 Å². The van der Waals surface area contributed by atoms with Crippen LogP contribution in [0.5, 0.6) is 0 Å². The van der Waals surface area contributed by atoms with Crippen LogP contribution in [0.1, 0.15) is 53.5 Å². The standard InChI is InChI=1S/C19H25N3O2.C4H9NO2/c1-13-5-6-16-9-15(7-8-18(16)22(13)14(2)23)17-10-20-21(11-17)12-19(3,4)24;1-3(2)7-4(5)6/h7-11,13,24H,5-6,12H2,1-4H3;3H,1-2H3,(H2,5,6)/t13-;/m0./s1. The van der Waals surface area contributed by atoms with E-state index in [1.165, 1.54) is 5.56 Å². The molecule has 1 aliphatic rings. The van der Waals surface area contributed by atoms with E-state index in [1.807, 2.05) is 29.4 Å². The van der Waals surface area contributed by atoms with Gasteiger partial charge in [0.25, 0.3) is 0 Å². The molecule has 1 aromatic carbocycles. The molecule has 0 unspecified atom stereocenters. The topological polar surface area (TPSA) is 111 Å². The minimum Gasteiger partial charge on any atom is -0.447 e.